The molecular formula is C19H22N4O3. The van der Waals surface area contributed by atoms with E-state index >= 15 is 0 Å². The van der Waals surface area contributed by atoms with Gasteiger partial charge in [-0.2, -0.15) is 0 Å². The van der Waals surface area contributed by atoms with Crippen molar-refractivity contribution in [2.45, 2.75) is 6.42 Å². The van der Waals surface area contributed by atoms with E-state index in [2.05, 4.69) is 26.3 Å². The molecule has 4 rings (SSSR count). The molecule has 136 valence electrons. The minimum atomic E-state index is -0.155. The van der Waals surface area contributed by atoms with Gasteiger partial charge in [-0.1, -0.05) is 18.2 Å². The van der Waals surface area contributed by atoms with E-state index in [1.165, 1.54) is 5.56 Å². The minimum Gasteiger partial charge on any atom is -0.493 e. The van der Waals surface area contributed by atoms with Gasteiger partial charge in [0.2, 0.25) is 5.95 Å². The number of hydrogen-bond acceptors (Lipinski definition) is 6. The first-order valence-electron chi connectivity index (χ1n) is 8.93. The highest BCUT2D eigenvalue weighted by Crippen LogP contribution is 2.26. The number of rotatable bonds is 4. The first-order valence-corrected chi connectivity index (χ1v) is 8.93. The third kappa shape index (κ3) is 3.77. The van der Waals surface area contributed by atoms with Crippen LogP contribution in [0.1, 0.15) is 15.9 Å². The smallest absolute Gasteiger partial charge is 0.254 e. The lowest BCUT2D eigenvalue weighted by atomic mass is 9.97. The average molecular weight is 354 g/mol. The lowest BCUT2D eigenvalue weighted by molar-refractivity contribution is 0.0938. The van der Waals surface area contributed by atoms with Crippen molar-refractivity contribution in [2.24, 2.45) is 5.92 Å². The summed E-state index contributed by atoms with van der Waals surface area (Å²) in [6.45, 7) is 4.09. The summed E-state index contributed by atoms with van der Waals surface area (Å²) < 4.78 is 11.1. The molecule has 2 aliphatic heterocycles. The minimum absolute atomic E-state index is 0.155. The number of ether oxygens (including phenoxy) is 2. The molecule has 1 N–H and O–H groups in total. The number of anilines is 1. The standard InChI is InChI=1S/C19H22N4O3/c24-18(16-11-21-19(22-12-16)23-5-7-25-8-6-23)20-10-14-9-15-3-1-2-4-17(15)26-13-14/h1-4,11-12,14H,5-10,13H2,(H,20,24)/t14-/m0/s1. The first kappa shape index (κ1) is 16.8. The maximum atomic E-state index is 12.4. The zero-order valence-electron chi connectivity index (χ0n) is 14.6. The summed E-state index contributed by atoms with van der Waals surface area (Å²) in [4.78, 5) is 23.1. The van der Waals surface area contributed by atoms with E-state index in [0.29, 0.717) is 37.9 Å². The van der Waals surface area contributed by atoms with Gasteiger partial charge in [0.1, 0.15) is 5.75 Å². The van der Waals surface area contributed by atoms with Crippen LogP contribution in [0.3, 0.4) is 0 Å². The van der Waals surface area contributed by atoms with Crippen molar-refractivity contribution < 1.29 is 14.3 Å². The molecule has 0 radical (unpaired) electrons. The molecule has 0 spiro atoms. The second-order valence-corrected chi connectivity index (χ2v) is 6.57. The Morgan fingerprint density at radius 3 is 2.77 bits per heavy atom. The summed E-state index contributed by atoms with van der Waals surface area (Å²) in [5.41, 5.74) is 1.66. The van der Waals surface area contributed by atoms with Crippen molar-refractivity contribution >= 4 is 11.9 Å². The SMILES string of the molecule is O=C(NC[C@H]1COc2ccccc2C1)c1cnc(N2CCOCC2)nc1. The molecule has 26 heavy (non-hydrogen) atoms. The van der Waals surface area contributed by atoms with Gasteiger partial charge in [-0.05, 0) is 18.1 Å². The molecule has 2 aromatic rings. The van der Waals surface area contributed by atoms with Gasteiger partial charge in [-0.3, -0.25) is 4.79 Å². The molecule has 0 aliphatic carbocycles. The number of para-hydroxylation sites is 1. The van der Waals surface area contributed by atoms with Crippen LogP contribution in [0, 0.1) is 5.92 Å². The van der Waals surface area contributed by atoms with Gasteiger partial charge in [0.15, 0.2) is 0 Å². The van der Waals surface area contributed by atoms with E-state index in [1.807, 2.05) is 18.2 Å². The predicted octanol–water partition coefficient (Wildman–Crippen LogP) is 1.29. The molecular weight excluding hydrogens is 332 g/mol. The molecule has 3 heterocycles. The summed E-state index contributed by atoms with van der Waals surface area (Å²) in [6, 6.07) is 8.04. The highest BCUT2D eigenvalue weighted by Gasteiger charge is 2.20. The van der Waals surface area contributed by atoms with E-state index in [9.17, 15) is 4.79 Å². The number of morpholine rings is 1. The van der Waals surface area contributed by atoms with Crippen molar-refractivity contribution in [3.05, 3.63) is 47.8 Å². The van der Waals surface area contributed by atoms with Crippen LogP contribution in [0.25, 0.3) is 0 Å². The maximum Gasteiger partial charge on any atom is 0.254 e. The van der Waals surface area contributed by atoms with Crippen LogP contribution in [0.5, 0.6) is 5.75 Å². The highest BCUT2D eigenvalue weighted by molar-refractivity contribution is 5.93. The van der Waals surface area contributed by atoms with E-state index in [0.717, 1.165) is 25.3 Å². The molecule has 7 heteroatoms. The van der Waals surface area contributed by atoms with Crippen LogP contribution in [0.2, 0.25) is 0 Å². The van der Waals surface area contributed by atoms with E-state index in [4.69, 9.17) is 9.47 Å². The molecule has 1 atom stereocenters. The Balaban J connectivity index is 1.31. The third-order valence-corrected chi connectivity index (χ3v) is 4.70. The van der Waals surface area contributed by atoms with Crippen LogP contribution < -0.4 is 15.0 Å². The number of carbonyl (C=O) groups is 1. The van der Waals surface area contributed by atoms with Gasteiger partial charge in [-0.25, -0.2) is 9.97 Å². The molecule has 1 aromatic heterocycles. The van der Waals surface area contributed by atoms with Crippen molar-refractivity contribution in [1.29, 1.82) is 0 Å². The number of nitrogens with one attached hydrogen (secondary N) is 1. The van der Waals surface area contributed by atoms with E-state index < -0.39 is 0 Å². The Labute approximate surface area is 152 Å². The summed E-state index contributed by atoms with van der Waals surface area (Å²) >= 11 is 0. The number of nitrogens with zero attached hydrogens (tertiary/aromatic N) is 3. The number of carbonyl (C=O) groups excluding carboxylic acids is 1. The molecule has 1 fully saturated rings. The number of amides is 1. The predicted molar refractivity (Wildman–Crippen MR) is 96.5 cm³/mol. The summed E-state index contributed by atoms with van der Waals surface area (Å²) in [6.07, 6.45) is 4.07. The second kappa shape index (κ2) is 7.70. The third-order valence-electron chi connectivity index (χ3n) is 4.70. The van der Waals surface area contributed by atoms with Crippen LogP contribution in [-0.2, 0) is 11.2 Å². The normalized spacial score (nSPS) is 19.4. The first-order chi connectivity index (χ1) is 12.8. The Bertz CT molecular complexity index is 760. The molecule has 2 aliphatic rings. The van der Waals surface area contributed by atoms with Gasteiger partial charge >= 0.3 is 0 Å². The molecule has 1 saturated heterocycles. The van der Waals surface area contributed by atoms with Crippen LogP contribution in [-0.4, -0.2) is 55.3 Å². The Morgan fingerprint density at radius 2 is 1.96 bits per heavy atom. The van der Waals surface area contributed by atoms with Gasteiger partial charge in [-0.15, -0.1) is 0 Å². The maximum absolute atomic E-state index is 12.4. The Hall–Kier alpha value is -2.67. The van der Waals surface area contributed by atoms with E-state index in [-0.39, 0.29) is 11.8 Å². The quantitative estimate of drug-likeness (QED) is 0.892. The molecule has 0 saturated carbocycles. The highest BCUT2D eigenvalue weighted by atomic mass is 16.5. The number of fused-ring (bicyclic) bond motifs is 1. The van der Waals surface area contributed by atoms with Crippen molar-refractivity contribution in [3.63, 3.8) is 0 Å². The summed E-state index contributed by atoms with van der Waals surface area (Å²) in [5.74, 6) is 1.70. The topological polar surface area (TPSA) is 76.6 Å². The molecule has 1 aromatic carbocycles. The van der Waals surface area contributed by atoms with Gasteiger partial charge in [0, 0.05) is 37.9 Å². The summed E-state index contributed by atoms with van der Waals surface area (Å²) in [7, 11) is 0. The van der Waals surface area contributed by atoms with Gasteiger partial charge in [0.25, 0.3) is 5.91 Å². The molecule has 0 bridgehead atoms. The largest absolute Gasteiger partial charge is 0.493 e. The summed E-state index contributed by atoms with van der Waals surface area (Å²) in [5, 5.41) is 2.97. The molecule has 1 amide bonds. The van der Waals surface area contributed by atoms with Crippen LogP contribution in [0.15, 0.2) is 36.7 Å². The van der Waals surface area contributed by atoms with Gasteiger partial charge in [0.05, 0.1) is 25.4 Å². The fourth-order valence-corrected chi connectivity index (χ4v) is 3.23. The molecule has 7 nitrogen and oxygen atoms in total. The zero-order chi connectivity index (χ0) is 17.8. The fraction of sp³-hybridized carbons (Fsp3) is 0.421. The fourth-order valence-electron chi connectivity index (χ4n) is 3.23. The lowest BCUT2D eigenvalue weighted by Crippen LogP contribution is -2.37. The second-order valence-electron chi connectivity index (χ2n) is 6.57. The van der Waals surface area contributed by atoms with Crippen LogP contribution >= 0.6 is 0 Å². The number of hydrogen-bond donors (Lipinski definition) is 1. The van der Waals surface area contributed by atoms with Crippen LogP contribution in [0.4, 0.5) is 5.95 Å². The number of benzene rings is 1. The Kier molecular flexibility index (Phi) is 4.97. The number of aromatic nitrogens is 2. The van der Waals surface area contributed by atoms with Crippen molar-refractivity contribution in [1.82, 2.24) is 15.3 Å². The van der Waals surface area contributed by atoms with Crippen molar-refractivity contribution in [2.75, 3.05) is 44.4 Å². The van der Waals surface area contributed by atoms with E-state index in [1.54, 1.807) is 12.4 Å². The Morgan fingerprint density at radius 1 is 1.19 bits per heavy atom. The van der Waals surface area contributed by atoms with Gasteiger partial charge < -0.3 is 19.7 Å². The van der Waals surface area contributed by atoms with Crippen molar-refractivity contribution in [3.8, 4) is 5.75 Å². The zero-order valence-corrected chi connectivity index (χ0v) is 14.6. The lowest BCUT2D eigenvalue weighted by Gasteiger charge is -2.26. The average Bonchev–Trinajstić information content (AvgIpc) is 2.72. The monoisotopic (exact) mass is 354 g/mol. The molecule has 0 unspecified atom stereocenters.